The van der Waals surface area contributed by atoms with Gasteiger partial charge in [-0.2, -0.15) is 0 Å². The molecule has 0 saturated heterocycles. The van der Waals surface area contributed by atoms with Gasteiger partial charge in [0.1, 0.15) is 5.70 Å². The molecule has 1 amide bonds. The van der Waals surface area contributed by atoms with Gasteiger partial charge in [0.25, 0.3) is 5.91 Å². The van der Waals surface area contributed by atoms with E-state index in [1.54, 1.807) is 24.3 Å². The van der Waals surface area contributed by atoms with Gasteiger partial charge < -0.3 is 15.8 Å². The fourth-order valence-corrected chi connectivity index (χ4v) is 1.16. The first-order valence-electron chi connectivity index (χ1n) is 4.65. The minimum absolute atomic E-state index is 0.0563. The minimum atomic E-state index is -0.759. The van der Waals surface area contributed by atoms with Crippen LogP contribution in [0.2, 0.25) is 5.02 Å². The van der Waals surface area contributed by atoms with Gasteiger partial charge in [0.05, 0.1) is 13.2 Å². The number of primary amides is 1. The number of nitrogens with two attached hydrogens (primary N) is 1. The van der Waals surface area contributed by atoms with Gasteiger partial charge in [0.15, 0.2) is 0 Å². The predicted octanol–water partition coefficient (Wildman–Crippen LogP) is 1.29. The number of ether oxygens (including phenoxy) is 1. The van der Waals surface area contributed by atoms with Crippen LogP contribution in [-0.2, 0) is 14.3 Å². The lowest BCUT2D eigenvalue weighted by molar-refractivity contribution is -0.135. The molecule has 17 heavy (non-hydrogen) atoms. The van der Waals surface area contributed by atoms with Crippen LogP contribution < -0.4 is 11.1 Å². The molecule has 0 bridgehead atoms. The molecule has 0 fully saturated rings. The number of carbonyl (C=O) groups is 2. The topological polar surface area (TPSA) is 81.4 Å². The Morgan fingerprint density at radius 3 is 2.41 bits per heavy atom. The molecule has 0 aliphatic rings. The average Bonchev–Trinajstić information content (AvgIpc) is 2.30. The number of carbonyl (C=O) groups excluding carboxylic acids is 2. The number of esters is 1. The summed E-state index contributed by atoms with van der Waals surface area (Å²) in [5.74, 6) is -1.43. The van der Waals surface area contributed by atoms with Gasteiger partial charge in [-0.05, 0) is 24.3 Å². The van der Waals surface area contributed by atoms with E-state index in [4.69, 9.17) is 17.3 Å². The highest BCUT2D eigenvalue weighted by atomic mass is 35.5. The van der Waals surface area contributed by atoms with Crippen molar-refractivity contribution >= 4 is 29.2 Å². The molecule has 0 aliphatic heterocycles. The highest BCUT2D eigenvalue weighted by Crippen LogP contribution is 2.15. The fourth-order valence-electron chi connectivity index (χ4n) is 1.03. The Kier molecular flexibility index (Phi) is 4.54. The predicted molar refractivity (Wildman–Crippen MR) is 64.4 cm³/mol. The Bertz CT molecular complexity index is 454. The Morgan fingerprint density at radius 2 is 1.94 bits per heavy atom. The van der Waals surface area contributed by atoms with Crippen LogP contribution in [0, 0.1) is 0 Å². The second-order valence-corrected chi connectivity index (χ2v) is 3.51. The maximum Gasteiger partial charge on any atom is 0.332 e. The molecule has 1 rings (SSSR count). The van der Waals surface area contributed by atoms with Crippen LogP contribution in [0.3, 0.4) is 0 Å². The lowest BCUT2D eigenvalue weighted by atomic mass is 10.3. The van der Waals surface area contributed by atoms with Crippen molar-refractivity contribution in [3.05, 3.63) is 41.1 Å². The monoisotopic (exact) mass is 254 g/mol. The van der Waals surface area contributed by atoms with Crippen LogP contribution >= 0.6 is 11.6 Å². The highest BCUT2D eigenvalue weighted by Gasteiger charge is 2.08. The van der Waals surface area contributed by atoms with Gasteiger partial charge in [-0.15, -0.1) is 0 Å². The average molecular weight is 255 g/mol. The van der Waals surface area contributed by atoms with Crippen molar-refractivity contribution in [2.45, 2.75) is 0 Å². The van der Waals surface area contributed by atoms with Gasteiger partial charge in [-0.25, -0.2) is 4.79 Å². The molecule has 0 aromatic heterocycles. The zero-order chi connectivity index (χ0) is 12.8. The van der Waals surface area contributed by atoms with Crippen LogP contribution in [0.1, 0.15) is 0 Å². The summed E-state index contributed by atoms with van der Waals surface area (Å²) in [4.78, 5) is 22.1. The van der Waals surface area contributed by atoms with Gasteiger partial charge >= 0.3 is 5.97 Å². The van der Waals surface area contributed by atoms with Crippen molar-refractivity contribution in [3.63, 3.8) is 0 Å². The number of methoxy groups -OCH3 is 1. The van der Waals surface area contributed by atoms with Crippen LogP contribution in [0.5, 0.6) is 0 Å². The fraction of sp³-hybridized carbons (Fsp3) is 0.0909. The first-order chi connectivity index (χ1) is 8.02. The summed E-state index contributed by atoms with van der Waals surface area (Å²) in [6.45, 7) is 0. The molecule has 1 aromatic rings. The number of anilines is 1. The van der Waals surface area contributed by atoms with Crippen molar-refractivity contribution in [1.82, 2.24) is 0 Å². The molecule has 3 N–H and O–H groups in total. The van der Waals surface area contributed by atoms with Gasteiger partial charge in [-0.1, -0.05) is 11.6 Å². The van der Waals surface area contributed by atoms with E-state index >= 15 is 0 Å². The van der Waals surface area contributed by atoms with Crippen molar-refractivity contribution in [1.29, 1.82) is 0 Å². The van der Waals surface area contributed by atoms with E-state index in [1.165, 1.54) is 7.11 Å². The standard InChI is InChI=1S/C11H11ClN2O3/c1-17-10(15)6-9(11(13)16)14-8-4-2-7(12)3-5-8/h2-6,14H,1H3,(H2,13,16)/b9-6-. The molecule has 0 aliphatic carbocycles. The normalized spacial score (nSPS) is 10.8. The number of nitrogens with one attached hydrogen (secondary N) is 1. The third-order valence-corrected chi connectivity index (χ3v) is 2.10. The molecule has 0 radical (unpaired) electrons. The number of halogens is 1. The molecule has 0 atom stereocenters. The van der Waals surface area contributed by atoms with Crippen molar-refractivity contribution in [3.8, 4) is 0 Å². The molecule has 0 unspecified atom stereocenters. The van der Waals surface area contributed by atoms with Crippen molar-refractivity contribution in [2.24, 2.45) is 5.73 Å². The molecule has 6 heteroatoms. The summed E-state index contributed by atoms with van der Waals surface area (Å²) in [5.41, 5.74) is 5.64. The summed E-state index contributed by atoms with van der Waals surface area (Å²) in [6.07, 6.45) is 0.983. The van der Waals surface area contributed by atoms with E-state index in [0.717, 1.165) is 6.08 Å². The zero-order valence-electron chi connectivity index (χ0n) is 9.07. The summed E-state index contributed by atoms with van der Waals surface area (Å²) in [7, 11) is 1.21. The molecule has 0 saturated carbocycles. The first-order valence-corrected chi connectivity index (χ1v) is 5.02. The molecule has 1 aromatic carbocycles. The van der Waals surface area contributed by atoms with Gasteiger partial charge in [0.2, 0.25) is 0 Å². The number of hydrogen-bond donors (Lipinski definition) is 2. The second-order valence-electron chi connectivity index (χ2n) is 3.08. The summed E-state index contributed by atoms with van der Waals surface area (Å²) >= 11 is 5.71. The quantitative estimate of drug-likeness (QED) is 0.627. The van der Waals surface area contributed by atoms with Crippen LogP contribution in [0.25, 0.3) is 0 Å². The number of amides is 1. The zero-order valence-corrected chi connectivity index (χ0v) is 9.82. The summed E-state index contributed by atoms with van der Waals surface area (Å²) in [5, 5.41) is 3.26. The van der Waals surface area contributed by atoms with Crippen molar-refractivity contribution in [2.75, 3.05) is 12.4 Å². The first kappa shape index (κ1) is 13.1. The maximum atomic E-state index is 11.1. The molecule has 0 spiro atoms. The van der Waals surface area contributed by atoms with Crippen LogP contribution in [0.4, 0.5) is 5.69 Å². The third-order valence-electron chi connectivity index (χ3n) is 1.85. The van der Waals surface area contributed by atoms with Gasteiger partial charge in [0, 0.05) is 10.7 Å². The largest absolute Gasteiger partial charge is 0.466 e. The van der Waals surface area contributed by atoms with E-state index in [-0.39, 0.29) is 5.70 Å². The van der Waals surface area contributed by atoms with E-state index in [2.05, 4.69) is 10.1 Å². The van der Waals surface area contributed by atoms with E-state index in [9.17, 15) is 9.59 Å². The van der Waals surface area contributed by atoms with Gasteiger partial charge in [-0.3, -0.25) is 4.79 Å². The van der Waals surface area contributed by atoms with E-state index in [1.807, 2.05) is 0 Å². The Labute approximate surface area is 103 Å². The van der Waals surface area contributed by atoms with E-state index < -0.39 is 11.9 Å². The molecule has 90 valence electrons. The summed E-state index contributed by atoms with van der Waals surface area (Å²) in [6, 6.07) is 6.58. The second kappa shape index (κ2) is 5.91. The Balaban J connectivity index is 2.88. The number of rotatable bonds is 4. The molecule has 0 heterocycles. The van der Waals surface area contributed by atoms with Crippen molar-refractivity contribution < 1.29 is 14.3 Å². The Hall–Kier alpha value is -2.01. The maximum absolute atomic E-state index is 11.1. The smallest absolute Gasteiger partial charge is 0.332 e. The number of hydrogen-bond acceptors (Lipinski definition) is 4. The Morgan fingerprint density at radius 1 is 1.35 bits per heavy atom. The molecular formula is C11H11ClN2O3. The molecule has 5 nitrogen and oxygen atoms in total. The lowest BCUT2D eigenvalue weighted by Gasteiger charge is -2.07. The lowest BCUT2D eigenvalue weighted by Crippen LogP contribution is -2.21. The van der Waals surface area contributed by atoms with Crippen LogP contribution in [-0.4, -0.2) is 19.0 Å². The number of benzene rings is 1. The SMILES string of the molecule is COC(=O)/C=C(\Nc1ccc(Cl)cc1)C(N)=O. The van der Waals surface area contributed by atoms with E-state index in [0.29, 0.717) is 10.7 Å². The minimum Gasteiger partial charge on any atom is -0.466 e. The highest BCUT2D eigenvalue weighted by molar-refractivity contribution is 6.30. The summed E-state index contributed by atoms with van der Waals surface area (Å²) < 4.78 is 4.40. The third kappa shape index (κ3) is 4.16. The van der Waals surface area contributed by atoms with Crippen LogP contribution in [0.15, 0.2) is 36.0 Å². The molecular weight excluding hydrogens is 244 g/mol.